The van der Waals surface area contributed by atoms with Gasteiger partial charge in [-0.2, -0.15) is 0 Å². The Labute approximate surface area is 80.7 Å². The summed E-state index contributed by atoms with van der Waals surface area (Å²) in [5.74, 6) is 0. The van der Waals surface area contributed by atoms with E-state index in [0.29, 0.717) is 0 Å². The molecule has 0 heterocycles. The first kappa shape index (κ1) is 12.9. The van der Waals surface area contributed by atoms with Crippen molar-refractivity contribution in [3.63, 3.8) is 0 Å². The maximum atomic E-state index is 9.59. The molecule has 13 heavy (non-hydrogen) atoms. The zero-order chi connectivity index (χ0) is 10.9. The molecule has 0 aliphatic carbocycles. The molecule has 0 amide bonds. The van der Waals surface area contributed by atoms with Gasteiger partial charge >= 0.3 is 0 Å². The van der Waals surface area contributed by atoms with Crippen molar-refractivity contribution in [3.05, 3.63) is 0 Å². The highest BCUT2D eigenvalue weighted by atomic mass is 16.5. The van der Waals surface area contributed by atoms with E-state index < -0.39 is 11.2 Å². The van der Waals surface area contributed by atoms with Gasteiger partial charge in [-0.05, 0) is 41.5 Å². The van der Waals surface area contributed by atoms with E-state index in [0.717, 1.165) is 0 Å². The summed E-state index contributed by atoms with van der Waals surface area (Å²) in [4.78, 5) is 0. The third-order valence-electron chi connectivity index (χ3n) is 2.40. The minimum atomic E-state index is -0.875. The van der Waals surface area contributed by atoms with Crippen LogP contribution in [0.2, 0.25) is 0 Å². The molecule has 0 aromatic rings. The van der Waals surface area contributed by atoms with Crippen LogP contribution in [0.4, 0.5) is 0 Å². The molecule has 0 aliphatic heterocycles. The van der Waals surface area contributed by atoms with Crippen LogP contribution in [0.1, 0.15) is 41.5 Å². The van der Waals surface area contributed by atoms with Crippen LogP contribution < -0.4 is 0 Å². The molecule has 0 aromatic heterocycles. The molecule has 0 fully saturated rings. The van der Waals surface area contributed by atoms with Gasteiger partial charge in [-0.25, -0.2) is 0 Å². The Morgan fingerprint density at radius 3 is 1.23 bits per heavy atom. The lowest BCUT2D eigenvalue weighted by atomic mass is 10.0. The molecule has 0 saturated carbocycles. The fraction of sp³-hybridized carbons (Fsp3) is 1.00. The second kappa shape index (κ2) is 3.95. The Morgan fingerprint density at radius 1 is 0.846 bits per heavy atom. The zero-order valence-corrected chi connectivity index (χ0v) is 9.46. The van der Waals surface area contributed by atoms with Gasteiger partial charge in [0.1, 0.15) is 0 Å². The van der Waals surface area contributed by atoms with Crippen LogP contribution in [0.5, 0.6) is 0 Å². The minimum absolute atomic E-state index is 0.297. The molecule has 0 saturated heterocycles. The first-order valence-corrected chi connectivity index (χ1v) is 4.65. The summed E-state index contributed by atoms with van der Waals surface area (Å²) >= 11 is 0. The molecule has 0 rings (SSSR count). The van der Waals surface area contributed by atoms with Gasteiger partial charge in [0.05, 0.1) is 23.4 Å². The number of hydrogen-bond donors (Lipinski definition) is 2. The van der Waals surface area contributed by atoms with Crippen LogP contribution in [-0.4, -0.2) is 33.6 Å². The van der Waals surface area contributed by atoms with Gasteiger partial charge in [-0.15, -0.1) is 0 Å². The van der Waals surface area contributed by atoms with Crippen molar-refractivity contribution in [2.75, 3.05) is 0 Å². The fourth-order valence-corrected chi connectivity index (χ4v) is 0.639. The summed E-state index contributed by atoms with van der Waals surface area (Å²) in [6.07, 6.45) is -0.595. The van der Waals surface area contributed by atoms with Crippen molar-refractivity contribution < 1.29 is 14.9 Å². The molecule has 0 unspecified atom stereocenters. The first-order chi connectivity index (χ1) is 5.55. The van der Waals surface area contributed by atoms with Crippen LogP contribution in [0.15, 0.2) is 0 Å². The molecule has 3 nitrogen and oxygen atoms in total. The highest BCUT2D eigenvalue weighted by Gasteiger charge is 2.30. The molecular formula is C10H22O3. The fourth-order valence-electron chi connectivity index (χ4n) is 0.639. The molecule has 0 aromatic carbocycles. The number of rotatable bonds is 4. The average Bonchev–Trinajstić information content (AvgIpc) is 1.82. The Balaban J connectivity index is 4.15. The molecule has 2 N–H and O–H groups in total. The van der Waals surface area contributed by atoms with Crippen molar-refractivity contribution in [2.45, 2.75) is 65.0 Å². The first-order valence-electron chi connectivity index (χ1n) is 4.65. The summed E-state index contributed by atoms with van der Waals surface area (Å²) in [6.45, 7) is 10.3. The highest BCUT2D eigenvalue weighted by Crippen LogP contribution is 2.19. The number of aliphatic hydroxyl groups is 2. The molecule has 3 heteroatoms. The van der Waals surface area contributed by atoms with Gasteiger partial charge in [0.25, 0.3) is 0 Å². The standard InChI is InChI=1S/C10H22O3/c1-7(9(3,4)11)13-8(2)10(5,6)12/h7-8,11-12H,1-6H3/t7-,8+. The highest BCUT2D eigenvalue weighted by molar-refractivity contribution is 4.79. The van der Waals surface area contributed by atoms with Gasteiger partial charge in [0.2, 0.25) is 0 Å². The van der Waals surface area contributed by atoms with Crippen LogP contribution in [-0.2, 0) is 4.74 Å². The van der Waals surface area contributed by atoms with Crippen molar-refractivity contribution in [1.29, 1.82) is 0 Å². The quantitative estimate of drug-likeness (QED) is 0.703. The Hall–Kier alpha value is -0.120. The predicted octanol–water partition coefficient (Wildman–Crippen LogP) is 1.32. The Kier molecular flexibility index (Phi) is 3.91. The van der Waals surface area contributed by atoms with E-state index in [1.165, 1.54) is 0 Å². The van der Waals surface area contributed by atoms with E-state index in [2.05, 4.69) is 0 Å². The molecule has 0 aliphatic rings. The van der Waals surface area contributed by atoms with Crippen LogP contribution in [0.3, 0.4) is 0 Å². The van der Waals surface area contributed by atoms with Crippen LogP contribution >= 0.6 is 0 Å². The third-order valence-corrected chi connectivity index (χ3v) is 2.40. The number of ether oxygens (including phenoxy) is 1. The van der Waals surface area contributed by atoms with Crippen molar-refractivity contribution in [1.82, 2.24) is 0 Å². The monoisotopic (exact) mass is 190 g/mol. The van der Waals surface area contributed by atoms with E-state index in [-0.39, 0.29) is 12.2 Å². The van der Waals surface area contributed by atoms with E-state index in [4.69, 9.17) is 4.74 Å². The van der Waals surface area contributed by atoms with Crippen LogP contribution in [0, 0.1) is 0 Å². The Bertz CT molecular complexity index is 135. The third kappa shape index (κ3) is 4.60. The normalized spacial score (nSPS) is 18.5. The lowest BCUT2D eigenvalue weighted by molar-refractivity contribution is -0.154. The van der Waals surface area contributed by atoms with Crippen molar-refractivity contribution in [3.8, 4) is 0 Å². The van der Waals surface area contributed by atoms with Gasteiger partial charge in [-0.3, -0.25) is 0 Å². The largest absolute Gasteiger partial charge is 0.388 e. The molecule has 0 spiro atoms. The summed E-state index contributed by atoms with van der Waals surface area (Å²) in [6, 6.07) is 0. The lowest BCUT2D eigenvalue weighted by Crippen LogP contribution is -2.44. The van der Waals surface area contributed by atoms with Crippen molar-refractivity contribution in [2.24, 2.45) is 0 Å². The molecule has 0 bridgehead atoms. The molecular weight excluding hydrogens is 168 g/mol. The van der Waals surface area contributed by atoms with Gasteiger partial charge in [0.15, 0.2) is 0 Å². The van der Waals surface area contributed by atoms with E-state index in [9.17, 15) is 10.2 Å². The average molecular weight is 190 g/mol. The van der Waals surface area contributed by atoms with E-state index >= 15 is 0 Å². The second-order valence-corrected chi connectivity index (χ2v) is 4.73. The maximum absolute atomic E-state index is 9.59. The minimum Gasteiger partial charge on any atom is -0.388 e. The lowest BCUT2D eigenvalue weighted by Gasteiger charge is -2.33. The molecule has 0 radical (unpaired) electrons. The van der Waals surface area contributed by atoms with E-state index in [1.807, 2.05) is 0 Å². The van der Waals surface area contributed by atoms with Gasteiger partial charge in [-0.1, -0.05) is 0 Å². The predicted molar refractivity (Wildman–Crippen MR) is 52.6 cm³/mol. The second-order valence-electron chi connectivity index (χ2n) is 4.73. The Morgan fingerprint density at radius 2 is 1.08 bits per heavy atom. The van der Waals surface area contributed by atoms with Gasteiger partial charge < -0.3 is 14.9 Å². The maximum Gasteiger partial charge on any atom is 0.0849 e. The molecule has 2 atom stereocenters. The summed E-state index contributed by atoms with van der Waals surface area (Å²) in [7, 11) is 0. The SMILES string of the molecule is C[C@H](O[C@H](C)C(C)(C)O)C(C)(C)O. The van der Waals surface area contributed by atoms with Crippen molar-refractivity contribution >= 4 is 0 Å². The summed E-state index contributed by atoms with van der Waals surface area (Å²) in [5.41, 5.74) is -1.75. The van der Waals surface area contributed by atoms with Gasteiger partial charge in [0, 0.05) is 0 Å². The molecule has 80 valence electrons. The van der Waals surface area contributed by atoms with Crippen LogP contribution in [0.25, 0.3) is 0 Å². The number of hydrogen-bond acceptors (Lipinski definition) is 3. The zero-order valence-electron chi connectivity index (χ0n) is 9.46. The van der Waals surface area contributed by atoms with E-state index in [1.54, 1.807) is 41.5 Å². The smallest absolute Gasteiger partial charge is 0.0849 e. The topological polar surface area (TPSA) is 49.7 Å². The summed E-state index contributed by atoms with van der Waals surface area (Å²) in [5, 5.41) is 19.2. The summed E-state index contributed by atoms with van der Waals surface area (Å²) < 4.78 is 5.48.